The zero-order valence-electron chi connectivity index (χ0n) is 12.3. The lowest BCUT2D eigenvalue weighted by molar-refractivity contribution is 0.0167. The second-order valence-corrected chi connectivity index (χ2v) is 5.91. The summed E-state index contributed by atoms with van der Waals surface area (Å²) in [6.45, 7) is 1.14. The Morgan fingerprint density at radius 3 is 2.86 bits per heavy atom. The van der Waals surface area contributed by atoms with Gasteiger partial charge in [0.05, 0.1) is 30.6 Å². The van der Waals surface area contributed by atoms with E-state index in [-0.39, 0.29) is 10.6 Å². The van der Waals surface area contributed by atoms with Crippen molar-refractivity contribution in [2.75, 3.05) is 25.6 Å². The molecule has 118 valence electrons. The molecule has 1 fully saturated rings. The van der Waals surface area contributed by atoms with Gasteiger partial charge in [-0.1, -0.05) is 30.9 Å². The molecule has 2 N–H and O–H groups in total. The SMILES string of the molecule is COCCn1ncc(NCC2(O)CCCCC2)c(Cl)c1=O. The Hall–Kier alpha value is -1.11. The number of hydrogen-bond donors (Lipinski definition) is 2. The first-order chi connectivity index (χ1) is 10.1. The van der Waals surface area contributed by atoms with Crippen molar-refractivity contribution in [3.8, 4) is 0 Å². The number of halogens is 1. The third-order valence-electron chi connectivity index (χ3n) is 3.88. The molecule has 0 amide bonds. The van der Waals surface area contributed by atoms with Crippen LogP contribution in [0.15, 0.2) is 11.0 Å². The summed E-state index contributed by atoms with van der Waals surface area (Å²) in [5.74, 6) is 0. The molecule has 0 saturated heterocycles. The van der Waals surface area contributed by atoms with Crippen molar-refractivity contribution in [3.05, 3.63) is 21.6 Å². The highest BCUT2D eigenvalue weighted by Crippen LogP contribution is 2.28. The molecule has 1 aromatic rings. The molecule has 0 radical (unpaired) electrons. The lowest BCUT2D eigenvalue weighted by atomic mass is 9.85. The van der Waals surface area contributed by atoms with Gasteiger partial charge in [0.2, 0.25) is 0 Å². The van der Waals surface area contributed by atoms with Crippen LogP contribution >= 0.6 is 11.6 Å². The third kappa shape index (κ3) is 4.18. The van der Waals surface area contributed by atoms with Gasteiger partial charge in [0.25, 0.3) is 5.56 Å². The molecule has 1 aliphatic carbocycles. The van der Waals surface area contributed by atoms with Gasteiger partial charge >= 0.3 is 0 Å². The minimum atomic E-state index is -0.716. The normalized spacial score (nSPS) is 17.7. The van der Waals surface area contributed by atoms with E-state index in [1.807, 2.05) is 0 Å². The first kappa shape index (κ1) is 16.3. The first-order valence-corrected chi connectivity index (χ1v) is 7.64. The molecule has 0 atom stereocenters. The smallest absolute Gasteiger partial charge is 0.287 e. The Morgan fingerprint density at radius 2 is 2.19 bits per heavy atom. The standard InChI is InChI=1S/C14H22ClN3O3/c1-21-8-7-18-13(19)12(15)11(9-17-18)16-10-14(20)5-3-2-4-6-14/h9,16,20H,2-8,10H2,1H3. The fourth-order valence-corrected chi connectivity index (χ4v) is 2.78. The lowest BCUT2D eigenvalue weighted by Gasteiger charge is -2.32. The van der Waals surface area contributed by atoms with E-state index in [4.69, 9.17) is 16.3 Å². The van der Waals surface area contributed by atoms with Gasteiger partial charge in [0.15, 0.2) is 0 Å². The van der Waals surface area contributed by atoms with Crippen molar-refractivity contribution in [2.24, 2.45) is 0 Å². The molecule has 6 nitrogen and oxygen atoms in total. The average molecular weight is 316 g/mol. The van der Waals surface area contributed by atoms with E-state index in [1.165, 1.54) is 17.3 Å². The van der Waals surface area contributed by atoms with Crippen LogP contribution in [0, 0.1) is 0 Å². The molecule has 1 saturated carbocycles. The predicted molar refractivity (Wildman–Crippen MR) is 81.9 cm³/mol. The van der Waals surface area contributed by atoms with Crippen LogP contribution in [0.3, 0.4) is 0 Å². The minimum Gasteiger partial charge on any atom is -0.388 e. The van der Waals surface area contributed by atoms with Crippen molar-refractivity contribution in [1.82, 2.24) is 9.78 Å². The van der Waals surface area contributed by atoms with Gasteiger partial charge in [-0.2, -0.15) is 5.10 Å². The Kier molecular flexibility index (Phi) is 5.61. The maximum Gasteiger partial charge on any atom is 0.287 e. The quantitative estimate of drug-likeness (QED) is 0.835. The molecule has 0 bridgehead atoms. The zero-order chi connectivity index (χ0) is 15.3. The van der Waals surface area contributed by atoms with E-state index in [0.29, 0.717) is 25.4 Å². The second-order valence-electron chi connectivity index (χ2n) is 5.53. The largest absolute Gasteiger partial charge is 0.388 e. The van der Waals surface area contributed by atoms with Gasteiger partial charge in [0.1, 0.15) is 5.02 Å². The molecule has 7 heteroatoms. The van der Waals surface area contributed by atoms with Crippen molar-refractivity contribution < 1.29 is 9.84 Å². The van der Waals surface area contributed by atoms with Crippen molar-refractivity contribution in [3.63, 3.8) is 0 Å². The summed E-state index contributed by atoms with van der Waals surface area (Å²) in [5, 5.41) is 17.7. The van der Waals surface area contributed by atoms with Gasteiger partial charge in [-0.15, -0.1) is 0 Å². The van der Waals surface area contributed by atoms with Crippen LogP contribution in [0.4, 0.5) is 5.69 Å². The fraction of sp³-hybridized carbons (Fsp3) is 0.714. The van der Waals surface area contributed by atoms with E-state index in [0.717, 1.165) is 25.7 Å². The van der Waals surface area contributed by atoms with Crippen LogP contribution in [-0.2, 0) is 11.3 Å². The molecule has 1 heterocycles. The third-order valence-corrected chi connectivity index (χ3v) is 4.25. The topological polar surface area (TPSA) is 76.4 Å². The minimum absolute atomic E-state index is 0.0977. The summed E-state index contributed by atoms with van der Waals surface area (Å²) in [6, 6.07) is 0. The summed E-state index contributed by atoms with van der Waals surface area (Å²) in [7, 11) is 1.56. The number of aromatic nitrogens is 2. The predicted octanol–water partition coefficient (Wildman–Crippen LogP) is 1.65. The molecule has 0 unspecified atom stereocenters. The number of nitrogens with zero attached hydrogens (tertiary/aromatic N) is 2. The number of aliphatic hydroxyl groups is 1. The molecular weight excluding hydrogens is 294 g/mol. The van der Waals surface area contributed by atoms with Crippen LogP contribution in [-0.4, -0.2) is 40.7 Å². The number of anilines is 1. The molecule has 1 aliphatic rings. The summed E-state index contributed by atoms with van der Waals surface area (Å²) in [6.07, 6.45) is 6.29. The molecule has 0 aliphatic heterocycles. The van der Waals surface area contributed by atoms with Crippen LogP contribution < -0.4 is 10.9 Å². The van der Waals surface area contributed by atoms with Gasteiger partial charge < -0.3 is 15.2 Å². The highest BCUT2D eigenvalue weighted by Gasteiger charge is 2.29. The van der Waals surface area contributed by atoms with E-state index < -0.39 is 5.60 Å². The number of hydrogen-bond acceptors (Lipinski definition) is 5. The summed E-state index contributed by atoms with van der Waals surface area (Å²) >= 11 is 6.08. The van der Waals surface area contributed by atoms with Gasteiger partial charge in [-0.3, -0.25) is 4.79 Å². The highest BCUT2D eigenvalue weighted by molar-refractivity contribution is 6.32. The maximum atomic E-state index is 12.0. The van der Waals surface area contributed by atoms with Crippen LogP contribution in [0.5, 0.6) is 0 Å². The Labute approximate surface area is 129 Å². The van der Waals surface area contributed by atoms with Gasteiger partial charge in [-0.25, -0.2) is 4.68 Å². The average Bonchev–Trinajstić information content (AvgIpc) is 2.48. The number of methoxy groups -OCH3 is 1. The summed E-state index contributed by atoms with van der Waals surface area (Å²) in [4.78, 5) is 12.0. The monoisotopic (exact) mass is 315 g/mol. The Bertz CT molecular complexity index is 527. The van der Waals surface area contributed by atoms with Crippen LogP contribution in [0.25, 0.3) is 0 Å². The number of ether oxygens (including phenoxy) is 1. The van der Waals surface area contributed by atoms with Crippen LogP contribution in [0.1, 0.15) is 32.1 Å². The van der Waals surface area contributed by atoms with E-state index in [2.05, 4.69) is 10.4 Å². The number of rotatable bonds is 6. The highest BCUT2D eigenvalue weighted by atomic mass is 35.5. The molecule has 21 heavy (non-hydrogen) atoms. The zero-order valence-corrected chi connectivity index (χ0v) is 13.0. The van der Waals surface area contributed by atoms with Crippen LogP contribution in [0.2, 0.25) is 5.02 Å². The molecule has 2 rings (SSSR count). The molecule has 1 aromatic heterocycles. The van der Waals surface area contributed by atoms with E-state index in [1.54, 1.807) is 7.11 Å². The summed E-state index contributed by atoms with van der Waals surface area (Å²) in [5.41, 5.74) is -0.601. The van der Waals surface area contributed by atoms with Crippen molar-refractivity contribution in [1.29, 1.82) is 0 Å². The summed E-state index contributed by atoms with van der Waals surface area (Å²) < 4.78 is 6.19. The van der Waals surface area contributed by atoms with Gasteiger partial charge in [-0.05, 0) is 12.8 Å². The molecule has 0 spiro atoms. The van der Waals surface area contributed by atoms with Crippen molar-refractivity contribution >= 4 is 17.3 Å². The number of nitrogens with one attached hydrogen (secondary N) is 1. The fourth-order valence-electron chi connectivity index (χ4n) is 2.57. The van der Waals surface area contributed by atoms with Crippen molar-refractivity contribution in [2.45, 2.75) is 44.2 Å². The van der Waals surface area contributed by atoms with Gasteiger partial charge in [0, 0.05) is 13.7 Å². The molecule has 0 aromatic carbocycles. The maximum absolute atomic E-state index is 12.0. The van der Waals surface area contributed by atoms with E-state index >= 15 is 0 Å². The Morgan fingerprint density at radius 1 is 1.48 bits per heavy atom. The lowest BCUT2D eigenvalue weighted by Crippen LogP contribution is -2.39. The second kappa shape index (κ2) is 7.24. The van der Waals surface area contributed by atoms with E-state index in [9.17, 15) is 9.90 Å². The first-order valence-electron chi connectivity index (χ1n) is 7.26. The Balaban J connectivity index is 2.03. The molecular formula is C14H22ClN3O3.